The van der Waals surface area contributed by atoms with Gasteiger partial charge in [0.05, 0.1) is 0 Å². The van der Waals surface area contributed by atoms with Crippen molar-refractivity contribution in [1.29, 1.82) is 0 Å². The molecule has 1 aliphatic rings. The molecule has 0 saturated carbocycles. The average molecular weight is 296 g/mol. The zero-order chi connectivity index (χ0) is 14.4. The Hall–Kier alpha value is -1.59. The van der Waals surface area contributed by atoms with Gasteiger partial charge >= 0.3 is 11.8 Å². The predicted octanol–water partition coefficient (Wildman–Crippen LogP) is 0.778. The van der Waals surface area contributed by atoms with E-state index in [1.165, 1.54) is 0 Å². The number of rotatable bonds is 2. The van der Waals surface area contributed by atoms with Crippen LogP contribution in [0.4, 0.5) is 0 Å². The monoisotopic (exact) mass is 295 g/mol. The second kappa shape index (κ2) is 7.26. The van der Waals surface area contributed by atoms with Crippen LogP contribution in [0.2, 0.25) is 5.02 Å². The van der Waals surface area contributed by atoms with Gasteiger partial charge in [0, 0.05) is 31.2 Å². The molecule has 2 rings (SSSR count). The number of nitrogens with zero attached hydrogens (tertiary/aromatic N) is 1. The fourth-order valence-electron chi connectivity index (χ4n) is 2.09. The summed E-state index contributed by atoms with van der Waals surface area (Å²) in [7, 11) is 0. The van der Waals surface area contributed by atoms with Gasteiger partial charge in [-0.25, -0.2) is 0 Å². The summed E-state index contributed by atoms with van der Waals surface area (Å²) in [5.41, 5.74) is 0.799. The Bertz CT molecular complexity index is 485. The zero-order valence-electron chi connectivity index (χ0n) is 11.2. The highest BCUT2D eigenvalue weighted by atomic mass is 35.5. The highest BCUT2D eigenvalue weighted by Gasteiger charge is 2.22. The van der Waals surface area contributed by atoms with Gasteiger partial charge in [0.25, 0.3) is 0 Å². The van der Waals surface area contributed by atoms with E-state index in [1.54, 1.807) is 11.0 Å². The van der Waals surface area contributed by atoms with Gasteiger partial charge in [0.1, 0.15) is 0 Å². The maximum atomic E-state index is 12.0. The number of hydrogen-bond acceptors (Lipinski definition) is 3. The minimum Gasteiger partial charge on any atom is -0.344 e. The fraction of sp³-hybridized carbons (Fsp3) is 0.429. The summed E-state index contributed by atoms with van der Waals surface area (Å²) >= 11 is 6.00. The fourth-order valence-corrected chi connectivity index (χ4v) is 2.29. The molecule has 0 spiro atoms. The van der Waals surface area contributed by atoms with Gasteiger partial charge in [-0.2, -0.15) is 0 Å². The lowest BCUT2D eigenvalue weighted by Crippen LogP contribution is -2.44. The second-order valence-corrected chi connectivity index (χ2v) is 5.08. The smallest absolute Gasteiger partial charge is 0.311 e. The Morgan fingerprint density at radius 1 is 1.25 bits per heavy atom. The molecule has 1 aromatic rings. The average Bonchev–Trinajstić information content (AvgIpc) is 2.74. The van der Waals surface area contributed by atoms with Crippen molar-refractivity contribution in [3.8, 4) is 0 Å². The maximum Gasteiger partial charge on any atom is 0.311 e. The van der Waals surface area contributed by atoms with E-state index in [9.17, 15) is 9.59 Å². The van der Waals surface area contributed by atoms with Gasteiger partial charge < -0.3 is 15.5 Å². The third kappa shape index (κ3) is 3.95. The first kappa shape index (κ1) is 14.8. The van der Waals surface area contributed by atoms with Crippen LogP contribution in [0.5, 0.6) is 0 Å². The summed E-state index contributed by atoms with van der Waals surface area (Å²) in [4.78, 5) is 25.5. The molecule has 0 bridgehead atoms. The number of benzene rings is 1. The predicted molar refractivity (Wildman–Crippen MR) is 77.4 cm³/mol. The summed E-state index contributed by atoms with van der Waals surface area (Å²) in [6.45, 7) is 3.05. The molecular weight excluding hydrogens is 278 g/mol. The molecular formula is C14H18ClN3O2. The first-order valence-corrected chi connectivity index (χ1v) is 7.07. The van der Waals surface area contributed by atoms with E-state index in [2.05, 4.69) is 10.6 Å². The highest BCUT2D eigenvalue weighted by molar-refractivity contribution is 6.35. The van der Waals surface area contributed by atoms with E-state index < -0.39 is 11.8 Å². The van der Waals surface area contributed by atoms with Crippen molar-refractivity contribution in [2.45, 2.75) is 13.0 Å². The van der Waals surface area contributed by atoms with Crippen LogP contribution in [0, 0.1) is 0 Å². The van der Waals surface area contributed by atoms with Gasteiger partial charge in [-0.05, 0) is 24.6 Å². The molecule has 2 N–H and O–H groups in total. The molecule has 6 heteroatoms. The molecule has 0 aliphatic carbocycles. The van der Waals surface area contributed by atoms with Crippen molar-refractivity contribution in [3.05, 3.63) is 34.9 Å². The van der Waals surface area contributed by atoms with Crippen LogP contribution in [0.1, 0.15) is 12.0 Å². The van der Waals surface area contributed by atoms with Crippen molar-refractivity contribution in [3.63, 3.8) is 0 Å². The molecule has 2 amide bonds. The first-order valence-electron chi connectivity index (χ1n) is 6.69. The van der Waals surface area contributed by atoms with E-state index in [-0.39, 0.29) is 6.54 Å². The highest BCUT2D eigenvalue weighted by Crippen LogP contribution is 2.14. The summed E-state index contributed by atoms with van der Waals surface area (Å²) in [6.07, 6.45) is 0.865. The van der Waals surface area contributed by atoms with E-state index in [4.69, 9.17) is 11.6 Å². The van der Waals surface area contributed by atoms with Crippen LogP contribution in [0.3, 0.4) is 0 Å². The standard InChI is InChI=1S/C14H18ClN3O2/c15-12-5-2-1-4-11(12)10-17-13(19)14(20)18-8-3-6-16-7-9-18/h1-2,4-5,16H,3,6-10H2,(H,17,19). The molecule has 1 fully saturated rings. The normalized spacial score (nSPS) is 15.6. The quantitative estimate of drug-likeness (QED) is 0.793. The van der Waals surface area contributed by atoms with Crippen molar-refractivity contribution in [1.82, 2.24) is 15.5 Å². The Morgan fingerprint density at radius 2 is 2.05 bits per heavy atom. The van der Waals surface area contributed by atoms with Crippen molar-refractivity contribution < 1.29 is 9.59 Å². The van der Waals surface area contributed by atoms with Crippen molar-refractivity contribution >= 4 is 23.4 Å². The molecule has 0 atom stereocenters. The molecule has 5 nitrogen and oxygen atoms in total. The molecule has 1 heterocycles. The lowest BCUT2D eigenvalue weighted by Gasteiger charge is -2.19. The third-order valence-electron chi connectivity index (χ3n) is 3.22. The number of halogens is 1. The van der Waals surface area contributed by atoms with Gasteiger partial charge in [0.2, 0.25) is 0 Å². The van der Waals surface area contributed by atoms with E-state index >= 15 is 0 Å². The van der Waals surface area contributed by atoms with E-state index in [0.717, 1.165) is 25.1 Å². The van der Waals surface area contributed by atoms with E-state index in [0.29, 0.717) is 18.1 Å². The summed E-state index contributed by atoms with van der Waals surface area (Å²) < 4.78 is 0. The summed E-state index contributed by atoms with van der Waals surface area (Å²) in [5.74, 6) is -1.05. The topological polar surface area (TPSA) is 61.4 Å². The largest absolute Gasteiger partial charge is 0.344 e. The SMILES string of the molecule is O=C(NCc1ccccc1Cl)C(=O)N1CCCNCC1. The van der Waals surface area contributed by atoms with Gasteiger partial charge in [-0.3, -0.25) is 9.59 Å². The first-order chi connectivity index (χ1) is 9.68. The van der Waals surface area contributed by atoms with Crippen molar-refractivity contribution in [2.24, 2.45) is 0 Å². The second-order valence-electron chi connectivity index (χ2n) is 4.67. The molecule has 1 aromatic carbocycles. The minimum atomic E-state index is -0.577. The summed E-state index contributed by atoms with van der Waals surface area (Å²) in [5, 5.41) is 6.40. The number of hydrogen-bond donors (Lipinski definition) is 2. The molecule has 0 aromatic heterocycles. The Kier molecular flexibility index (Phi) is 5.38. The molecule has 1 saturated heterocycles. The Balaban J connectivity index is 1.88. The van der Waals surface area contributed by atoms with Crippen molar-refractivity contribution in [2.75, 3.05) is 26.2 Å². The molecule has 0 radical (unpaired) electrons. The van der Waals surface area contributed by atoms with Crippen LogP contribution in [0.15, 0.2) is 24.3 Å². The number of amides is 2. The van der Waals surface area contributed by atoms with Gasteiger partial charge in [0.15, 0.2) is 0 Å². The lowest BCUT2D eigenvalue weighted by molar-refractivity contribution is -0.145. The zero-order valence-corrected chi connectivity index (χ0v) is 11.9. The maximum absolute atomic E-state index is 12.0. The molecule has 0 unspecified atom stereocenters. The molecule has 108 valence electrons. The van der Waals surface area contributed by atoms with Crippen LogP contribution >= 0.6 is 11.6 Å². The third-order valence-corrected chi connectivity index (χ3v) is 3.59. The van der Waals surface area contributed by atoms with Gasteiger partial charge in [-0.1, -0.05) is 29.8 Å². The van der Waals surface area contributed by atoms with Gasteiger partial charge in [-0.15, -0.1) is 0 Å². The number of carbonyl (C=O) groups is 2. The van der Waals surface area contributed by atoms with E-state index in [1.807, 2.05) is 18.2 Å². The minimum absolute atomic E-state index is 0.260. The summed E-state index contributed by atoms with van der Waals surface area (Å²) in [6, 6.07) is 7.24. The number of nitrogens with one attached hydrogen (secondary N) is 2. The molecule has 1 aliphatic heterocycles. The van der Waals surface area contributed by atoms with Crippen LogP contribution in [0.25, 0.3) is 0 Å². The van der Waals surface area contributed by atoms with Crippen LogP contribution < -0.4 is 10.6 Å². The van der Waals surface area contributed by atoms with Crippen LogP contribution in [-0.2, 0) is 16.1 Å². The van der Waals surface area contributed by atoms with Crippen LogP contribution in [-0.4, -0.2) is 42.9 Å². The lowest BCUT2D eigenvalue weighted by atomic mass is 10.2. The molecule has 20 heavy (non-hydrogen) atoms. The Morgan fingerprint density at radius 3 is 2.85 bits per heavy atom. The number of carbonyl (C=O) groups excluding carboxylic acids is 2. The Labute approximate surface area is 123 Å².